The highest BCUT2D eigenvalue weighted by Crippen LogP contribution is 2.40. The Morgan fingerprint density at radius 3 is 2.58 bits per heavy atom. The number of ether oxygens (including phenoxy) is 1. The Morgan fingerprint density at radius 1 is 1.13 bits per heavy atom. The van der Waals surface area contributed by atoms with Crippen LogP contribution < -0.4 is 10.6 Å². The van der Waals surface area contributed by atoms with E-state index in [1.54, 1.807) is 0 Å². The van der Waals surface area contributed by atoms with Gasteiger partial charge in [0.15, 0.2) is 5.96 Å². The van der Waals surface area contributed by atoms with Gasteiger partial charge in [-0.25, -0.2) is 4.99 Å². The first kappa shape index (κ1) is 25.6. The maximum absolute atomic E-state index is 5.66. The zero-order valence-electron chi connectivity index (χ0n) is 19.0. The zero-order valence-corrected chi connectivity index (χ0v) is 21.3. The third kappa shape index (κ3) is 8.11. The fourth-order valence-electron chi connectivity index (χ4n) is 4.28. The lowest BCUT2D eigenvalue weighted by Crippen LogP contribution is -2.43. The van der Waals surface area contributed by atoms with Gasteiger partial charge < -0.3 is 15.4 Å². The molecule has 31 heavy (non-hydrogen) atoms. The molecule has 1 heterocycles. The van der Waals surface area contributed by atoms with Crippen molar-refractivity contribution in [3.05, 3.63) is 53.9 Å². The van der Waals surface area contributed by atoms with E-state index in [2.05, 4.69) is 53.8 Å². The molecule has 0 saturated heterocycles. The van der Waals surface area contributed by atoms with E-state index in [0.717, 1.165) is 45.2 Å². The Morgan fingerprint density at radius 2 is 1.90 bits per heavy atom. The number of rotatable bonds is 11. The van der Waals surface area contributed by atoms with Crippen LogP contribution in [0.5, 0.6) is 0 Å². The molecule has 172 valence electrons. The highest BCUT2D eigenvalue weighted by Gasteiger charge is 2.33. The van der Waals surface area contributed by atoms with Crippen molar-refractivity contribution in [3.63, 3.8) is 0 Å². The summed E-state index contributed by atoms with van der Waals surface area (Å²) in [5, 5.41) is 11.4. The molecule has 1 fully saturated rings. The Bertz CT molecular complexity index is 772. The van der Waals surface area contributed by atoms with Crippen molar-refractivity contribution in [1.82, 2.24) is 20.4 Å². The van der Waals surface area contributed by atoms with Gasteiger partial charge in [0.1, 0.15) is 0 Å². The van der Waals surface area contributed by atoms with Gasteiger partial charge in [0, 0.05) is 38.7 Å². The lowest BCUT2D eigenvalue weighted by molar-refractivity contribution is 0.105. The monoisotopic (exact) mass is 539 g/mol. The molecule has 1 aromatic carbocycles. The van der Waals surface area contributed by atoms with E-state index in [9.17, 15) is 0 Å². The average molecular weight is 540 g/mol. The summed E-state index contributed by atoms with van der Waals surface area (Å²) < 4.78 is 7.61. The molecule has 2 N–H and O–H groups in total. The molecule has 1 aromatic heterocycles. The molecular weight excluding hydrogens is 501 g/mol. The van der Waals surface area contributed by atoms with Gasteiger partial charge in [-0.15, -0.1) is 24.0 Å². The number of halogens is 1. The summed E-state index contributed by atoms with van der Waals surface area (Å²) in [5.74, 6) is 0.897. The molecule has 6 nitrogen and oxygen atoms in total. The third-order valence-corrected chi connectivity index (χ3v) is 6.04. The summed E-state index contributed by atoms with van der Waals surface area (Å²) >= 11 is 0. The van der Waals surface area contributed by atoms with Gasteiger partial charge in [-0.3, -0.25) is 4.68 Å². The van der Waals surface area contributed by atoms with Crippen LogP contribution in [0.4, 0.5) is 0 Å². The number of hydrogen-bond acceptors (Lipinski definition) is 3. The van der Waals surface area contributed by atoms with Gasteiger partial charge in [-0.05, 0) is 55.7 Å². The third-order valence-electron chi connectivity index (χ3n) is 6.04. The molecule has 1 saturated carbocycles. The van der Waals surface area contributed by atoms with Crippen LogP contribution in [0.3, 0.4) is 0 Å². The largest absolute Gasteiger partial charge is 0.382 e. The van der Waals surface area contributed by atoms with Crippen LogP contribution in [-0.2, 0) is 17.8 Å². The van der Waals surface area contributed by atoms with Crippen LogP contribution in [-0.4, -0.2) is 42.0 Å². The van der Waals surface area contributed by atoms with Crippen molar-refractivity contribution in [2.75, 3.05) is 26.3 Å². The summed E-state index contributed by atoms with van der Waals surface area (Å²) in [6, 6.07) is 10.4. The van der Waals surface area contributed by atoms with E-state index in [1.807, 2.05) is 23.1 Å². The minimum Gasteiger partial charge on any atom is -0.382 e. The average Bonchev–Trinajstić information content (AvgIpc) is 3.44. The van der Waals surface area contributed by atoms with E-state index in [1.165, 1.54) is 36.8 Å². The molecule has 1 aliphatic rings. The molecule has 2 aromatic rings. The van der Waals surface area contributed by atoms with E-state index in [4.69, 9.17) is 9.73 Å². The maximum Gasteiger partial charge on any atom is 0.191 e. The molecule has 0 amide bonds. The van der Waals surface area contributed by atoms with Crippen LogP contribution in [0.15, 0.2) is 47.7 Å². The van der Waals surface area contributed by atoms with Crippen molar-refractivity contribution >= 4 is 29.9 Å². The van der Waals surface area contributed by atoms with Gasteiger partial charge in [-0.1, -0.05) is 37.1 Å². The first-order chi connectivity index (χ1) is 14.7. The smallest absolute Gasteiger partial charge is 0.191 e. The van der Waals surface area contributed by atoms with Gasteiger partial charge >= 0.3 is 0 Å². The summed E-state index contributed by atoms with van der Waals surface area (Å²) in [6.45, 7) is 9.07. The van der Waals surface area contributed by atoms with E-state index in [-0.39, 0.29) is 24.0 Å². The SMILES string of the molecule is CCNC(=NCc1ccccc1Cn1cccn1)NCC1(CCOCC)CCCC1.I. The van der Waals surface area contributed by atoms with E-state index < -0.39 is 0 Å². The number of nitrogens with one attached hydrogen (secondary N) is 2. The van der Waals surface area contributed by atoms with E-state index >= 15 is 0 Å². The van der Waals surface area contributed by atoms with E-state index in [0.29, 0.717) is 12.0 Å². The number of nitrogens with zero attached hydrogens (tertiary/aromatic N) is 3. The minimum absolute atomic E-state index is 0. The normalized spacial score (nSPS) is 15.5. The summed E-state index contributed by atoms with van der Waals surface area (Å²) in [7, 11) is 0. The van der Waals surface area contributed by atoms with Crippen LogP contribution in [0.25, 0.3) is 0 Å². The van der Waals surface area contributed by atoms with Crippen LogP contribution >= 0.6 is 24.0 Å². The molecule has 0 spiro atoms. The topological polar surface area (TPSA) is 63.5 Å². The number of benzene rings is 1. The Labute approximate surface area is 204 Å². The number of aliphatic imine (C=N–C) groups is 1. The first-order valence-electron chi connectivity index (χ1n) is 11.4. The first-order valence-corrected chi connectivity index (χ1v) is 11.4. The highest BCUT2D eigenvalue weighted by molar-refractivity contribution is 14.0. The van der Waals surface area contributed by atoms with Crippen LogP contribution in [0.2, 0.25) is 0 Å². The molecule has 0 aliphatic heterocycles. The second kappa shape index (κ2) is 13.7. The Hall–Kier alpha value is -1.61. The predicted molar refractivity (Wildman–Crippen MR) is 138 cm³/mol. The quantitative estimate of drug-likeness (QED) is 0.190. The number of aromatic nitrogens is 2. The summed E-state index contributed by atoms with van der Waals surface area (Å²) in [5.41, 5.74) is 2.82. The lowest BCUT2D eigenvalue weighted by atomic mass is 9.83. The van der Waals surface area contributed by atoms with Gasteiger partial charge in [-0.2, -0.15) is 5.10 Å². The number of guanidine groups is 1. The standard InChI is InChI=1S/C24H37N5O.HI/c1-3-25-23(27-20-24(12-7-8-13-24)14-17-30-4-2)26-18-21-10-5-6-11-22(21)19-29-16-9-15-28-29;/h5-6,9-11,15-16H,3-4,7-8,12-14,17-20H2,1-2H3,(H2,25,26,27);1H. The van der Waals surface area contributed by atoms with Crippen LogP contribution in [0.1, 0.15) is 57.1 Å². The van der Waals surface area contributed by atoms with Crippen molar-refractivity contribution in [2.24, 2.45) is 10.4 Å². The van der Waals surface area contributed by atoms with Crippen molar-refractivity contribution in [2.45, 2.75) is 59.0 Å². The fraction of sp³-hybridized carbons (Fsp3) is 0.583. The minimum atomic E-state index is 0. The van der Waals surface area contributed by atoms with Gasteiger partial charge in [0.25, 0.3) is 0 Å². The Kier molecular flexibility index (Phi) is 11.4. The predicted octanol–water partition coefficient (Wildman–Crippen LogP) is 4.59. The van der Waals surface area contributed by atoms with Gasteiger partial charge in [0.2, 0.25) is 0 Å². The molecule has 3 rings (SSSR count). The summed E-state index contributed by atoms with van der Waals surface area (Å²) in [4.78, 5) is 4.90. The van der Waals surface area contributed by atoms with Crippen molar-refractivity contribution < 1.29 is 4.74 Å². The molecule has 0 radical (unpaired) electrons. The molecule has 0 unspecified atom stereocenters. The van der Waals surface area contributed by atoms with Crippen molar-refractivity contribution in [1.29, 1.82) is 0 Å². The lowest BCUT2D eigenvalue weighted by Gasteiger charge is -2.30. The highest BCUT2D eigenvalue weighted by atomic mass is 127. The molecular formula is C24H38IN5O. The molecule has 0 atom stereocenters. The molecule has 0 bridgehead atoms. The number of hydrogen-bond donors (Lipinski definition) is 2. The summed E-state index contributed by atoms with van der Waals surface area (Å²) in [6.07, 6.45) is 10.1. The maximum atomic E-state index is 5.66. The zero-order chi connectivity index (χ0) is 21.1. The second-order valence-corrected chi connectivity index (χ2v) is 8.18. The Balaban J connectivity index is 0.00000341. The molecule has 7 heteroatoms. The van der Waals surface area contributed by atoms with Gasteiger partial charge in [0.05, 0.1) is 13.1 Å². The van der Waals surface area contributed by atoms with Crippen LogP contribution in [0, 0.1) is 5.41 Å². The van der Waals surface area contributed by atoms with Crippen molar-refractivity contribution in [3.8, 4) is 0 Å². The second-order valence-electron chi connectivity index (χ2n) is 8.18. The fourth-order valence-corrected chi connectivity index (χ4v) is 4.28. The molecule has 1 aliphatic carbocycles.